The summed E-state index contributed by atoms with van der Waals surface area (Å²) in [6.07, 6.45) is 1.81. The zero-order chi connectivity index (χ0) is 22.5. The van der Waals surface area contributed by atoms with E-state index < -0.39 is 0 Å². The van der Waals surface area contributed by atoms with Gasteiger partial charge in [-0.3, -0.25) is 4.79 Å². The van der Waals surface area contributed by atoms with Gasteiger partial charge in [-0.15, -0.1) is 0 Å². The molecule has 3 aromatic carbocycles. The van der Waals surface area contributed by atoms with E-state index in [1.165, 1.54) is 12.1 Å². The number of para-hydroxylation sites is 1. The van der Waals surface area contributed by atoms with Gasteiger partial charge in [-0.05, 0) is 47.5 Å². The number of hydrogen-bond acceptors (Lipinski definition) is 4. The highest BCUT2D eigenvalue weighted by molar-refractivity contribution is 5.99. The van der Waals surface area contributed by atoms with Crippen molar-refractivity contribution in [1.29, 1.82) is 0 Å². The van der Waals surface area contributed by atoms with Gasteiger partial charge >= 0.3 is 0 Å². The molecule has 0 aliphatic carbocycles. The molecule has 1 aromatic heterocycles. The van der Waals surface area contributed by atoms with Crippen molar-refractivity contribution < 1.29 is 18.7 Å². The van der Waals surface area contributed by atoms with E-state index in [0.717, 1.165) is 16.8 Å². The monoisotopic (exact) mass is 431 g/mol. The number of hydrogen-bond donors (Lipinski definition) is 1. The number of halogens is 1. The topological polar surface area (TPSA) is 65.4 Å². The third-order valence-corrected chi connectivity index (χ3v) is 5.01. The quantitative estimate of drug-likeness (QED) is 0.464. The van der Waals surface area contributed by atoms with Crippen LogP contribution in [0.15, 0.2) is 79.0 Å². The Bertz CT molecular complexity index is 1220. The number of carbonyl (C=O) groups excluding carboxylic acids is 1. The van der Waals surface area contributed by atoms with Crippen LogP contribution < -0.4 is 14.8 Å². The molecule has 0 saturated carbocycles. The first-order valence-electron chi connectivity index (χ1n) is 9.99. The molecule has 7 heteroatoms. The molecule has 0 saturated heterocycles. The molecule has 32 heavy (non-hydrogen) atoms. The Morgan fingerprint density at radius 1 is 0.969 bits per heavy atom. The Labute approximate surface area is 185 Å². The molecule has 6 nitrogen and oxygen atoms in total. The van der Waals surface area contributed by atoms with Gasteiger partial charge in [0.2, 0.25) is 0 Å². The fourth-order valence-electron chi connectivity index (χ4n) is 3.34. The van der Waals surface area contributed by atoms with E-state index in [9.17, 15) is 9.18 Å². The summed E-state index contributed by atoms with van der Waals surface area (Å²) in [5.74, 6) is 0.482. The Morgan fingerprint density at radius 3 is 2.38 bits per heavy atom. The third-order valence-electron chi connectivity index (χ3n) is 5.01. The van der Waals surface area contributed by atoms with Gasteiger partial charge in [-0.25, -0.2) is 9.07 Å². The van der Waals surface area contributed by atoms with E-state index in [4.69, 9.17) is 9.47 Å². The van der Waals surface area contributed by atoms with Crippen molar-refractivity contribution in [3.8, 4) is 28.3 Å². The molecule has 0 radical (unpaired) electrons. The Balaban J connectivity index is 1.70. The highest BCUT2D eigenvalue weighted by Gasteiger charge is 2.20. The largest absolute Gasteiger partial charge is 0.493 e. The lowest BCUT2D eigenvalue weighted by atomic mass is 10.1. The number of benzene rings is 3. The van der Waals surface area contributed by atoms with Crippen LogP contribution in [0, 0.1) is 5.82 Å². The molecule has 0 aliphatic rings. The van der Waals surface area contributed by atoms with Crippen molar-refractivity contribution >= 4 is 5.91 Å². The van der Waals surface area contributed by atoms with Gasteiger partial charge in [0.05, 0.1) is 19.9 Å². The molecule has 1 heterocycles. The first kappa shape index (κ1) is 21.1. The lowest BCUT2D eigenvalue weighted by molar-refractivity contribution is 0.0946. The highest BCUT2D eigenvalue weighted by Crippen LogP contribution is 2.34. The number of carbonyl (C=O) groups is 1. The number of aromatic nitrogens is 2. The van der Waals surface area contributed by atoms with Crippen LogP contribution in [0.5, 0.6) is 11.5 Å². The average molecular weight is 431 g/mol. The summed E-state index contributed by atoms with van der Waals surface area (Å²) in [6, 6.07) is 21.0. The van der Waals surface area contributed by atoms with E-state index >= 15 is 0 Å². The van der Waals surface area contributed by atoms with E-state index in [1.54, 1.807) is 37.1 Å². The molecule has 0 spiro atoms. The summed E-state index contributed by atoms with van der Waals surface area (Å²) in [5, 5.41) is 7.42. The number of nitrogens with one attached hydrogen (secondary N) is 1. The van der Waals surface area contributed by atoms with Crippen LogP contribution in [0.4, 0.5) is 4.39 Å². The van der Waals surface area contributed by atoms with Crippen molar-refractivity contribution in [2.75, 3.05) is 14.2 Å². The van der Waals surface area contributed by atoms with Gasteiger partial charge in [0.15, 0.2) is 17.2 Å². The minimum atomic E-state index is -0.339. The van der Waals surface area contributed by atoms with Crippen molar-refractivity contribution in [1.82, 2.24) is 15.1 Å². The molecule has 4 aromatic rings. The van der Waals surface area contributed by atoms with Crippen LogP contribution in [0.1, 0.15) is 16.1 Å². The highest BCUT2D eigenvalue weighted by atomic mass is 19.1. The smallest absolute Gasteiger partial charge is 0.272 e. The third kappa shape index (κ3) is 4.46. The lowest BCUT2D eigenvalue weighted by Gasteiger charge is -2.10. The maximum absolute atomic E-state index is 13.2. The van der Waals surface area contributed by atoms with Gasteiger partial charge in [0, 0.05) is 18.3 Å². The SMILES string of the molecule is COc1ccc(-c2cn(-c3ccccc3)nc2C(=O)NCc2ccc(F)cc2)cc1OC. The molecule has 0 unspecified atom stereocenters. The summed E-state index contributed by atoms with van der Waals surface area (Å²) in [6.45, 7) is 0.253. The summed E-state index contributed by atoms with van der Waals surface area (Å²) in [4.78, 5) is 13.1. The number of methoxy groups -OCH3 is 2. The summed E-state index contributed by atoms with van der Waals surface area (Å²) in [5.41, 5.74) is 3.29. The second kappa shape index (κ2) is 9.34. The van der Waals surface area contributed by atoms with E-state index in [1.807, 2.05) is 48.7 Å². The molecule has 0 atom stereocenters. The van der Waals surface area contributed by atoms with Crippen LogP contribution in [0.2, 0.25) is 0 Å². The maximum Gasteiger partial charge on any atom is 0.272 e. The van der Waals surface area contributed by atoms with Crippen LogP contribution in [0.3, 0.4) is 0 Å². The Kier molecular flexibility index (Phi) is 6.17. The molecule has 0 aliphatic heterocycles. The van der Waals surface area contributed by atoms with E-state index in [0.29, 0.717) is 17.1 Å². The van der Waals surface area contributed by atoms with Crippen molar-refractivity contribution in [3.63, 3.8) is 0 Å². The van der Waals surface area contributed by atoms with Crippen molar-refractivity contribution in [3.05, 3.63) is 96.1 Å². The molecule has 0 bridgehead atoms. The molecule has 1 amide bonds. The zero-order valence-electron chi connectivity index (χ0n) is 17.7. The Morgan fingerprint density at radius 2 is 1.69 bits per heavy atom. The van der Waals surface area contributed by atoms with Gasteiger partial charge in [0.25, 0.3) is 5.91 Å². The van der Waals surface area contributed by atoms with Gasteiger partial charge in [-0.2, -0.15) is 5.10 Å². The van der Waals surface area contributed by atoms with Crippen LogP contribution in [-0.2, 0) is 6.54 Å². The zero-order valence-corrected chi connectivity index (χ0v) is 17.7. The van der Waals surface area contributed by atoms with Gasteiger partial charge in [0.1, 0.15) is 5.82 Å². The molecule has 162 valence electrons. The van der Waals surface area contributed by atoms with Gasteiger partial charge < -0.3 is 14.8 Å². The second-order valence-electron chi connectivity index (χ2n) is 7.05. The first-order valence-corrected chi connectivity index (χ1v) is 9.99. The first-order chi connectivity index (χ1) is 15.6. The fourth-order valence-corrected chi connectivity index (χ4v) is 3.34. The minimum Gasteiger partial charge on any atom is -0.493 e. The summed E-state index contributed by atoms with van der Waals surface area (Å²) < 4.78 is 25.6. The number of rotatable bonds is 7. The molecule has 0 fully saturated rings. The number of ether oxygens (including phenoxy) is 2. The maximum atomic E-state index is 13.2. The van der Waals surface area contributed by atoms with Gasteiger partial charge in [-0.1, -0.05) is 36.4 Å². The predicted molar refractivity (Wildman–Crippen MR) is 120 cm³/mol. The van der Waals surface area contributed by atoms with Crippen LogP contribution in [-0.4, -0.2) is 29.9 Å². The Hall–Kier alpha value is -4.13. The van der Waals surface area contributed by atoms with Crippen LogP contribution >= 0.6 is 0 Å². The fraction of sp³-hybridized carbons (Fsp3) is 0.120. The average Bonchev–Trinajstić information content (AvgIpc) is 3.29. The molecule has 4 rings (SSSR count). The summed E-state index contributed by atoms with van der Waals surface area (Å²) >= 11 is 0. The minimum absolute atomic E-state index is 0.253. The van der Waals surface area contributed by atoms with Crippen molar-refractivity contribution in [2.45, 2.75) is 6.54 Å². The molecular weight excluding hydrogens is 409 g/mol. The second-order valence-corrected chi connectivity index (χ2v) is 7.05. The standard InChI is InChI=1S/C25H22FN3O3/c1-31-22-13-10-18(14-23(22)32-2)21-16-29(20-6-4-3-5-7-20)28-24(21)25(30)27-15-17-8-11-19(26)12-9-17/h3-14,16H,15H2,1-2H3,(H,27,30). The molecule has 1 N–H and O–H groups in total. The van der Waals surface area contributed by atoms with E-state index in [2.05, 4.69) is 10.4 Å². The van der Waals surface area contributed by atoms with E-state index in [-0.39, 0.29) is 24.0 Å². The normalized spacial score (nSPS) is 10.6. The number of amides is 1. The lowest BCUT2D eigenvalue weighted by Crippen LogP contribution is -2.24. The van der Waals surface area contributed by atoms with Crippen molar-refractivity contribution in [2.24, 2.45) is 0 Å². The summed E-state index contributed by atoms with van der Waals surface area (Å²) in [7, 11) is 3.13. The van der Waals surface area contributed by atoms with Crippen LogP contribution in [0.25, 0.3) is 16.8 Å². The number of nitrogens with zero attached hydrogens (tertiary/aromatic N) is 2. The predicted octanol–water partition coefficient (Wildman–Crippen LogP) is 4.63. The molecular formula is C25H22FN3O3.